The number of hydrogen-bond donors (Lipinski definition) is 2. The molecule has 1 unspecified atom stereocenters. The highest BCUT2D eigenvalue weighted by atomic mass is 32.1. The zero-order valence-corrected chi connectivity index (χ0v) is 15.1. The Bertz CT molecular complexity index is 1010. The van der Waals surface area contributed by atoms with Crippen molar-refractivity contribution in [2.24, 2.45) is 0 Å². The second-order valence-corrected chi connectivity index (χ2v) is 7.08. The number of alkyl halides is 3. The minimum Gasteiger partial charge on any atom is -0.397 e. The monoisotopic (exact) mass is 397 g/mol. The van der Waals surface area contributed by atoms with E-state index in [1.165, 1.54) is 31.2 Å². The second kappa shape index (κ2) is 6.80. The van der Waals surface area contributed by atoms with Gasteiger partial charge in [-0.25, -0.2) is 9.37 Å². The quantitative estimate of drug-likeness (QED) is 0.622. The average Bonchev–Trinajstić information content (AvgIpc) is 2.91. The second-order valence-electron chi connectivity index (χ2n) is 6.09. The van der Waals surface area contributed by atoms with Gasteiger partial charge in [-0.05, 0) is 37.1 Å². The number of anilines is 1. The van der Waals surface area contributed by atoms with E-state index in [0.717, 1.165) is 17.5 Å². The average molecular weight is 397 g/mol. The molecule has 1 aromatic carbocycles. The van der Waals surface area contributed by atoms with Crippen molar-refractivity contribution in [1.82, 2.24) is 10.3 Å². The van der Waals surface area contributed by atoms with Crippen molar-refractivity contribution in [1.29, 1.82) is 0 Å². The number of nitrogens with two attached hydrogens (primary N) is 1. The van der Waals surface area contributed by atoms with Gasteiger partial charge in [0.1, 0.15) is 15.5 Å². The third-order valence-corrected chi connectivity index (χ3v) is 5.27. The fraction of sp³-hybridized carbons (Fsp3) is 0.222. The van der Waals surface area contributed by atoms with Crippen LogP contribution in [0.4, 0.5) is 23.2 Å². The Morgan fingerprint density at radius 2 is 1.89 bits per heavy atom. The van der Waals surface area contributed by atoms with E-state index in [1.807, 2.05) is 0 Å². The lowest BCUT2D eigenvalue weighted by Gasteiger charge is -2.14. The van der Waals surface area contributed by atoms with Gasteiger partial charge < -0.3 is 11.1 Å². The standard InChI is InChI=1S/C18H15F4N3OS/c1-8-7-24-17-12(13(8)18(20,21)22)14(23)15(27-17)16(26)25-9(2)10-3-5-11(19)6-4-10/h3-7,9H,23H2,1-2H3,(H,25,26). The van der Waals surface area contributed by atoms with Gasteiger partial charge in [-0.2, -0.15) is 13.2 Å². The Kier molecular flexibility index (Phi) is 4.81. The van der Waals surface area contributed by atoms with E-state index in [-0.39, 0.29) is 26.3 Å². The number of halogens is 4. The molecule has 0 bridgehead atoms. The number of fused-ring (bicyclic) bond motifs is 1. The van der Waals surface area contributed by atoms with Crippen molar-refractivity contribution in [3.8, 4) is 0 Å². The number of carbonyl (C=O) groups excluding carboxylic acids is 1. The first-order valence-electron chi connectivity index (χ1n) is 7.90. The molecule has 9 heteroatoms. The highest BCUT2D eigenvalue weighted by molar-refractivity contribution is 7.21. The molecule has 27 heavy (non-hydrogen) atoms. The predicted molar refractivity (Wildman–Crippen MR) is 96.1 cm³/mol. The fourth-order valence-electron chi connectivity index (χ4n) is 2.81. The maximum absolute atomic E-state index is 13.4. The Morgan fingerprint density at radius 1 is 1.26 bits per heavy atom. The molecule has 2 aromatic heterocycles. The van der Waals surface area contributed by atoms with Crippen LogP contribution in [0.25, 0.3) is 10.2 Å². The summed E-state index contributed by atoms with van der Waals surface area (Å²) in [5, 5.41) is 2.41. The predicted octanol–water partition coefficient (Wildman–Crippen LogP) is 4.84. The van der Waals surface area contributed by atoms with E-state index < -0.39 is 29.5 Å². The molecule has 142 valence electrons. The van der Waals surface area contributed by atoms with Gasteiger partial charge in [0.25, 0.3) is 5.91 Å². The van der Waals surface area contributed by atoms with Gasteiger partial charge in [-0.15, -0.1) is 11.3 Å². The van der Waals surface area contributed by atoms with Crippen LogP contribution < -0.4 is 11.1 Å². The Morgan fingerprint density at radius 3 is 2.48 bits per heavy atom. The summed E-state index contributed by atoms with van der Waals surface area (Å²) in [6, 6.07) is 5.06. The maximum atomic E-state index is 13.4. The van der Waals surface area contributed by atoms with E-state index in [9.17, 15) is 22.4 Å². The number of nitrogens with zero attached hydrogens (tertiary/aromatic N) is 1. The molecular weight excluding hydrogens is 382 g/mol. The first kappa shape index (κ1) is 19.1. The Hall–Kier alpha value is -2.68. The van der Waals surface area contributed by atoms with E-state index in [0.29, 0.717) is 5.56 Å². The van der Waals surface area contributed by atoms with Crippen molar-refractivity contribution in [2.75, 3.05) is 5.73 Å². The summed E-state index contributed by atoms with van der Waals surface area (Å²) in [5.74, 6) is -1.02. The summed E-state index contributed by atoms with van der Waals surface area (Å²) in [7, 11) is 0. The molecule has 3 aromatic rings. The minimum absolute atomic E-state index is 0.0393. The summed E-state index contributed by atoms with van der Waals surface area (Å²) in [6.07, 6.45) is -3.50. The van der Waals surface area contributed by atoms with Gasteiger partial charge in [0.15, 0.2) is 0 Å². The number of aromatic nitrogens is 1. The molecule has 0 aliphatic carbocycles. The number of aryl methyl sites for hydroxylation is 1. The highest BCUT2D eigenvalue weighted by Crippen LogP contribution is 2.43. The molecule has 0 spiro atoms. The molecule has 0 radical (unpaired) electrons. The Labute approximate surface area is 156 Å². The van der Waals surface area contributed by atoms with Crippen molar-refractivity contribution < 1.29 is 22.4 Å². The number of thiophene rings is 1. The van der Waals surface area contributed by atoms with Crippen molar-refractivity contribution in [3.05, 3.63) is 57.8 Å². The van der Waals surface area contributed by atoms with Gasteiger partial charge in [0.2, 0.25) is 0 Å². The number of pyridine rings is 1. The van der Waals surface area contributed by atoms with Gasteiger partial charge in [0.05, 0.1) is 17.3 Å². The van der Waals surface area contributed by atoms with E-state index in [2.05, 4.69) is 10.3 Å². The van der Waals surface area contributed by atoms with Crippen LogP contribution in [0, 0.1) is 12.7 Å². The molecule has 4 nitrogen and oxygen atoms in total. The van der Waals surface area contributed by atoms with Crippen LogP contribution in [0.2, 0.25) is 0 Å². The number of hydrogen-bond acceptors (Lipinski definition) is 4. The highest BCUT2D eigenvalue weighted by Gasteiger charge is 2.37. The summed E-state index contributed by atoms with van der Waals surface area (Å²) in [5.41, 5.74) is 5.35. The SMILES string of the molecule is Cc1cnc2sc(C(=O)NC(C)c3ccc(F)cc3)c(N)c2c1C(F)(F)F. The van der Waals surface area contributed by atoms with Crippen LogP contribution in [0.5, 0.6) is 0 Å². The molecule has 0 saturated heterocycles. The van der Waals surface area contributed by atoms with Gasteiger partial charge in [-0.1, -0.05) is 12.1 Å². The number of nitrogens with one attached hydrogen (secondary N) is 1. The summed E-state index contributed by atoms with van der Waals surface area (Å²) in [4.78, 5) is 16.6. The van der Waals surface area contributed by atoms with E-state index in [4.69, 9.17) is 5.73 Å². The molecule has 3 rings (SSSR count). The number of amides is 1. The zero-order valence-electron chi connectivity index (χ0n) is 14.3. The van der Waals surface area contributed by atoms with Crippen LogP contribution in [-0.2, 0) is 6.18 Å². The number of nitrogen functional groups attached to an aromatic ring is 1. The maximum Gasteiger partial charge on any atom is 0.417 e. The molecule has 1 atom stereocenters. The Balaban J connectivity index is 1.98. The first-order valence-corrected chi connectivity index (χ1v) is 8.72. The van der Waals surface area contributed by atoms with Crippen LogP contribution in [0.3, 0.4) is 0 Å². The largest absolute Gasteiger partial charge is 0.417 e. The van der Waals surface area contributed by atoms with Gasteiger partial charge in [-0.3, -0.25) is 4.79 Å². The topological polar surface area (TPSA) is 68.0 Å². The molecule has 0 aliphatic heterocycles. The molecule has 1 amide bonds. The number of carbonyl (C=O) groups is 1. The summed E-state index contributed by atoms with van der Waals surface area (Å²) < 4.78 is 53.3. The summed E-state index contributed by atoms with van der Waals surface area (Å²) >= 11 is 0.802. The first-order chi connectivity index (χ1) is 12.6. The zero-order chi connectivity index (χ0) is 19.9. The van der Waals surface area contributed by atoms with E-state index in [1.54, 1.807) is 6.92 Å². The van der Waals surface area contributed by atoms with Crippen LogP contribution >= 0.6 is 11.3 Å². The lowest BCUT2D eigenvalue weighted by Crippen LogP contribution is -2.26. The smallest absolute Gasteiger partial charge is 0.397 e. The molecule has 0 fully saturated rings. The van der Waals surface area contributed by atoms with Crippen LogP contribution in [0.15, 0.2) is 30.5 Å². The molecule has 3 N–H and O–H groups in total. The van der Waals surface area contributed by atoms with Crippen LogP contribution in [-0.4, -0.2) is 10.9 Å². The normalized spacial score (nSPS) is 13.0. The molecule has 2 heterocycles. The van der Waals surface area contributed by atoms with Crippen LogP contribution in [0.1, 0.15) is 39.3 Å². The fourth-order valence-corrected chi connectivity index (χ4v) is 3.79. The minimum atomic E-state index is -4.62. The summed E-state index contributed by atoms with van der Waals surface area (Å²) in [6.45, 7) is 2.97. The molecule has 0 aliphatic rings. The van der Waals surface area contributed by atoms with Crippen molar-refractivity contribution in [2.45, 2.75) is 26.1 Å². The van der Waals surface area contributed by atoms with E-state index >= 15 is 0 Å². The number of benzene rings is 1. The molecular formula is C18H15F4N3OS. The van der Waals surface area contributed by atoms with Gasteiger partial charge >= 0.3 is 6.18 Å². The van der Waals surface area contributed by atoms with Gasteiger partial charge in [0, 0.05) is 11.6 Å². The third kappa shape index (κ3) is 3.59. The van der Waals surface area contributed by atoms with Crippen molar-refractivity contribution >= 4 is 33.1 Å². The lowest BCUT2D eigenvalue weighted by atomic mass is 10.1. The lowest BCUT2D eigenvalue weighted by molar-refractivity contribution is -0.136. The third-order valence-electron chi connectivity index (χ3n) is 4.15. The van der Waals surface area contributed by atoms with Crippen molar-refractivity contribution in [3.63, 3.8) is 0 Å². The molecule has 0 saturated carbocycles. The number of rotatable bonds is 3.